The Bertz CT molecular complexity index is 1250. The minimum Gasteiger partial charge on any atom is -0.322 e. The molecular weight excluding hydrogens is 392 g/mol. The zero-order valence-corrected chi connectivity index (χ0v) is 16.4. The number of benzene rings is 2. The lowest BCUT2D eigenvalue weighted by Crippen LogP contribution is -2.14. The van der Waals surface area contributed by atoms with E-state index in [1.807, 2.05) is 25.1 Å². The van der Waals surface area contributed by atoms with E-state index >= 15 is 0 Å². The van der Waals surface area contributed by atoms with E-state index in [2.05, 4.69) is 20.6 Å². The van der Waals surface area contributed by atoms with E-state index in [0.29, 0.717) is 16.2 Å². The first-order chi connectivity index (χ1) is 14.0. The molecule has 4 aromatic rings. The van der Waals surface area contributed by atoms with Crippen LogP contribution in [0.2, 0.25) is 0 Å². The van der Waals surface area contributed by atoms with Gasteiger partial charge in [0.05, 0.1) is 4.92 Å². The summed E-state index contributed by atoms with van der Waals surface area (Å²) in [6.07, 6.45) is 0.725. The summed E-state index contributed by atoms with van der Waals surface area (Å²) >= 11 is 1.41. The third kappa shape index (κ3) is 3.45. The minimum atomic E-state index is -0.495. The summed E-state index contributed by atoms with van der Waals surface area (Å²) in [4.78, 5) is 24.0. The van der Waals surface area contributed by atoms with Crippen molar-refractivity contribution in [1.82, 2.24) is 19.8 Å². The number of nitrogens with zero attached hydrogens (tertiary/aromatic N) is 5. The molecule has 2 aromatic carbocycles. The number of amides is 1. The van der Waals surface area contributed by atoms with Crippen LogP contribution in [0.15, 0.2) is 42.5 Å². The van der Waals surface area contributed by atoms with Crippen molar-refractivity contribution in [2.45, 2.75) is 20.3 Å². The fourth-order valence-electron chi connectivity index (χ4n) is 2.99. The third-order valence-corrected chi connectivity index (χ3v) is 5.43. The number of hydrogen-bond donors (Lipinski definition) is 1. The van der Waals surface area contributed by atoms with Gasteiger partial charge in [0.25, 0.3) is 11.6 Å². The van der Waals surface area contributed by atoms with Gasteiger partial charge in [0.1, 0.15) is 5.01 Å². The van der Waals surface area contributed by atoms with E-state index in [-0.39, 0.29) is 11.3 Å². The van der Waals surface area contributed by atoms with Crippen LogP contribution in [0.1, 0.15) is 28.7 Å². The van der Waals surface area contributed by atoms with Crippen molar-refractivity contribution in [2.75, 3.05) is 5.32 Å². The monoisotopic (exact) mass is 408 g/mol. The molecule has 0 atom stereocenters. The summed E-state index contributed by atoms with van der Waals surface area (Å²) in [5.41, 5.74) is 1.90. The van der Waals surface area contributed by atoms with Gasteiger partial charge in [0, 0.05) is 34.9 Å². The Morgan fingerprint density at radius 3 is 2.79 bits per heavy atom. The molecule has 0 radical (unpaired) electrons. The zero-order chi connectivity index (χ0) is 20.5. The van der Waals surface area contributed by atoms with Gasteiger partial charge in [-0.05, 0) is 25.1 Å². The maximum Gasteiger partial charge on any atom is 0.273 e. The van der Waals surface area contributed by atoms with Crippen LogP contribution in [0.5, 0.6) is 0 Å². The Hall–Kier alpha value is -3.66. The number of nitro groups is 1. The molecule has 0 unspecified atom stereocenters. The molecule has 0 aliphatic rings. The van der Waals surface area contributed by atoms with Crippen LogP contribution >= 0.6 is 11.3 Å². The summed E-state index contributed by atoms with van der Waals surface area (Å²) < 4.78 is 1.72. The van der Waals surface area contributed by atoms with Gasteiger partial charge in [0.15, 0.2) is 5.82 Å². The van der Waals surface area contributed by atoms with Crippen molar-refractivity contribution in [2.24, 2.45) is 0 Å². The molecule has 10 heteroatoms. The van der Waals surface area contributed by atoms with Gasteiger partial charge in [-0.15, -0.1) is 10.2 Å². The molecule has 0 spiro atoms. The molecule has 0 aliphatic carbocycles. The van der Waals surface area contributed by atoms with E-state index < -0.39 is 10.8 Å². The molecule has 4 rings (SSSR count). The molecule has 2 aromatic heterocycles. The normalized spacial score (nSPS) is 11.0. The van der Waals surface area contributed by atoms with Crippen LogP contribution in [0.25, 0.3) is 15.5 Å². The summed E-state index contributed by atoms with van der Waals surface area (Å²) in [5, 5.41) is 27.4. The van der Waals surface area contributed by atoms with Gasteiger partial charge in [-0.1, -0.05) is 36.5 Å². The average Bonchev–Trinajstić information content (AvgIpc) is 3.28. The lowest BCUT2D eigenvalue weighted by molar-refractivity contribution is -0.385. The van der Waals surface area contributed by atoms with Gasteiger partial charge < -0.3 is 5.32 Å². The average molecular weight is 408 g/mol. The highest BCUT2D eigenvalue weighted by atomic mass is 32.1. The number of nitrogens with one attached hydrogen (secondary N) is 1. The van der Waals surface area contributed by atoms with Crippen LogP contribution in [-0.2, 0) is 6.42 Å². The molecular formula is C19H16N6O3S. The topological polar surface area (TPSA) is 115 Å². The SMILES string of the molecule is CCc1nnc2sc(-c3cccc(NC(=O)c4cccc([N+](=O)[O-])c4C)c3)nn12. The lowest BCUT2D eigenvalue weighted by atomic mass is 10.1. The van der Waals surface area contributed by atoms with Crippen molar-refractivity contribution < 1.29 is 9.72 Å². The van der Waals surface area contributed by atoms with Gasteiger partial charge in [-0.2, -0.15) is 9.61 Å². The predicted octanol–water partition coefficient (Wildman–Crippen LogP) is 3.88. The molecule has 0 saturated carbocycles. The summed E-state index contributed by atoms with van der Waals surface area (Å²) in [7, 11) is 0. The van der Waals surface area contributed by atoms with Crippen LogP contribution in [0.3, 0.4) is 0 Å². The summed E-state index contributed by atoms with van der Waals surface area (Å²) in [5.74, 6) is 0.378. The molecule has 0 aliphatic heterocycles. The number of aromatic nitrogens is 4. The highest BCUT2D eigenvalue weighted by molar-refractivity contribution is 7.19. The van der Waals surface area contributed by atoms with E-state index in [4.69, 9.17) is 0 Å². The van der Waals surface area contributed by atoms with Crippen LogP contribution < -0.4 is 5.32 Å². The number of carbonyl (C=O) groups is 1. The molecule has 9 nitrogen and oxygen atoms in total. The second-order valence-electron chi connectivity index (χ2n) is 6.31. The maximum atomic E-state index is 12.7. The number of aryl methyl sites for hydroxylation is 1. The van der Waals surface area contributed by atoms with E-state index in [9.17, 15) is 14.9 Å². The van der Waals surface area contributed by atoms with Gasteiger partial charge >= 0.3 is 0 Å². The third-order valence-electron chi connectivity index (χ3n) is 4.49. The maximum absolute atomic E-state index is 12.7. The molecule has 1 N–H and O–H groups in total. The van der Waals surface area contributed by atoms with Crippen LogP contribution in [-0.4, -0.2) is 30.6 Å². The first-order valence-corrected chi connectivity index (χ1v) is 9.66. The number of anilines is 1. The Morgan fingerprint density at radius 2 is 2.03 bits per heavy atom. The van der Waals surface area contributed by atoms with Crippen molar-refractivity contribution in [1.29, 1.82) is 0 Å². The Labute approximate surface area is 169 Å². The van der Waals surface area contributed by atoms with Crippen LogP contribution in [0.4, 0.5) is 11.4 Å². The molecule has 2 heterocycles. The molecule has 1 amide bonds. The Morgan fingerprint density at radius 1 is 1.24 bits per heavy atom. The molecule has 0 bridgehead atoms. The fraction of sp³-hybridized carbons (Fsp3) is 0.158. The number of fused-ring (bicyclic) bond motifs is 1. The molecule has 0 fully saturated rings. The van der Waals surface area contributed by atoms with Gasteiger partial charge in [-0.25, -0.2) is 0 Å². The second kappa shape index (κ2) is 7.40. The first kappa shape index (κ1) is 18.7. The van der Waals surface area contributed by atoms with E-state index in [0.717, 1.165) is 22.8 Å². The standard InChI is InChI=1S/C19H16N6O3S/c1-3-16-21-22-19-24(16)23-18(29-19)12-6-4-7-13(10-12)20-17(26)14-8-5-9-15(11(14)2)25(27)28/h4-10H,3H2,1-2H3,(H,20,26). The largest absolute Gasteiger partial charge is 0.322 e. The van der Waals surface area contributed by atoms with Crippen molar-refractivity contribution in [3.63, 3.8) is 0 Å². The minimum absolute atomic E-state index is 0.0853. The van der Waals surface area contributed by atoms with Crippen molar-refractivity contribution in [3.05, 3.63) is 69.5 Å². The number of rotatable bonds is 5. The van der Waals surface area contributed by atoms with E-state index in [1.165, 1.54) is 23.5 Å². The lowest BCUT2D eigenvalue weighted by Gasteiger charge is -2.09. The zero-order valence-electron chi connectivity index (χ0n) is 15.6. The number of nitro benzene ring substituents is 1. The number of hydrogen-bond acceptors (Lipinski definition) is 7. The summed E-state index contributed by atoms with van der Waals surface area (Å²) in [6.45, 7) is 3.55. The molecule has 29 heavy (non-hydrogen) atoms. The molecule has 0 saturated heterocycles. The second-order valence-corrected chi connectivity index (χ2v) is 7.27. The smallest absolute Gasteiger partial charge is 0.273 e. The Kier molecular flexibility index (Phi) is 4.77. The van der Waals surface area contributed by atoms with Crippen molar-refractivity contribution >= 4 is 33.6 Å². The quantitative estimate of drug-likeness (QED) is 0.396. The van der Waals surface area contributed by atoms with Gasteiger partial charge in [0.2, 0.25) is 4.96 Å². The first-order valence-electron chi connectivity index (χ1n) is 8.85. The molecule has 146 valence electrons. The van der Waals surface area contributed by atoms with E-state index in [1.54, 1.807) is 23.6 Å². The number of carbonyl (C=O) groups excluding carboxylic acids is 1. The predicted molar refractivity (Wildman–Crippen MR) is 109 cm³/mol. The highest BCUT2D eigenvalue weighted by Gasteiger charge is 2.18. The summed E-state index contributed by atoms with van der Waals surface area (Å²) in [6, 6.07) is 11.7. The Balaban J connectivity index is 1.62. The van der Waals surface area contributed by atoms with Gasteiger partial charge in [-0.3, -0.25) is 14.9 Å². The van der Waals surface area contributed by atoms with Crippen LogP contribution in [0, 0.1) is 17.0 Å². The van der Waals surface area contributed by atoms with Crippen molar-refractivity contribution in [3.8, 4) is 10.6 Å². The highest BCUT2D eigenvalue weighted by Crippen LogP contribution is 2.28. The fourth-order valence-corrected chi connectivity index (χ4v) is 3.84.